The Morgan fingerprint density at radius 1 is 1.45 bits per heavy atom. The Kier molecular flexibility index (Phi) is 4.24. The Balaban J connectivity index is 2.06. The van der Waals surface area contributed by atoms with Gasteiger partial charge in [-0.25, -0.2) is 8.42 Å². The highest BCUT2D eigenvalue weighted by Gasteiger charge is 2.27. The van der Waals surface area contributed by atoms with Crippen molar-refractivity contribution in [3.8, 4) is 5.75 Å². The molecule has 20 heavy (non-hydrogen) atoms. The summed E-state index contributed by atoms with van der Waals surface area (Å²) in [5.74, 6) is 0.733. The van der Waals surface area contributed by atoms with Gasteiger partial charge in [0.05, 0.1) is 29.6 Å². The van der Waals surface area contributed by atoms with E-state index in [0.29, 0.717) is 24.3 Å². The number of ether oxygens (including phenoxy) is 1. The normalized spacial score (nSPS) is 20.8. The van der Waals surface area contributed by atoms with E-state index in [1.807, 2.05) is 0 Å². The number of non-ortho nitro benzene ring substituents is 1. The monoisotopic (exact) mass is 300 g/mol. The lowest BCUT2D eigenvalue weighted by Gasteiger charge is -2.11. The van der Waals surface area contributed by atoms with Gasteiger partial charge in [0.15, 0.2) is 9.84 Å². The molecule has 110 valence electrons. The smallest absolute Gasteiger partial charge is 0.273 e. The predicted molar refractivity (Wildman–Crippen MR) is 73.5 cm³/mol. The van der Waals surface area contributed by atoms with Crippen molar-refractivity contribution < 1.29 is 18.1 Å². The molecule has 8 heteroatoms. The molecule has 1 atom stereocenters. The number of benzene rings is 1. The fourth-order valence-corrected chi connectivity index (χ4v) is 3.89. The predicted octanol–water partition coefficient (Wildman–Crippen LogP) is 0.880. The Labute approximate surface area is 117 Å². The van der Waals surface area contributed by atoms with E-state index in [2.05, 4.69) is 5.32 Å². The third-order valence-electron chi connectivity index (χ3n) is 3.22. The molecule has 1 saturated heterocycles. The molecule has 1 aromatic carbocycles. The Morgan fingerprint density at radius 3 is 2.75 bits per heavy atom. The zero-order valence-corrected chi connectivity index (χ0v) is 11.9. The molecule has 7 nitrogen and oxygen atoms in total. The molecule has 2 rings (SSSR count). The molecule has 1 aliphatic heterocycles. The van der Waals surface area contributed by atoms with Gasteiger partial charge in [-0.1, -0.05) is 0 Å². The summed E-state index contributed by atoms with van der Waals surface area (Å²) in [6, 6.07) is 4.41. The average Bonchev–Trinajstić information content (AvgIpc) is 2.75. The first-order chi connectivity index (χ1) is 9.39. The summed E-state index contributed by atoms with van der Waals surface area (Å²) in [4.78, 5) is 10.3. The Morgan fingerprint density at radius 2 is 2.20 bits per heavy atom. The molecular weight excluding hydrogens is 284 g/mol. The topological polar surface area (TPSA) is 98.5 Å². The summed E-state index contributed by atoms with van der Waals surface area (Å²) < 4.78 is 27.7. The molecule has 1 aliphatic rings. The summed E-state index contributed by atoms with van der Waals surface area (Å²) in [6.45, 7) is 0.373. The van der Waals surface area contributed by atoms with Gasteiger partial charge in [0.1, 0.15) is 5.75 Å². The zero-order valence-electron chi connectivity index (χ0n) is 11.0. The van der Waals surface area contributed by atoms with E-state index in [4.69, 9.17) is 4.74 Å². The maximum Gasteiger partial charge on any atom is 0.273 e. The fourth-order valence-electron chi connectivity index (χ4n) is 2.19. The third kappa shape index (κ3) is 3.67. The van der Waals surface area contributed by atoms with Gasteiger partial charge in [-0.3, -0.25) is 10.1 Å². The summed E-state index contributed by atoms with van der Waals surface area (Å²) in [6.07, 6.45) is 0.578. The SMILES string of the molecule is COc1cc(CNC2CCS(=O)(=O)C2)cc([N+](=O)[O-])c1. The van der Waals surface area contributed by atoms with Crippen LogP contribution in [0.3, 0.4) is 0 Å². The number of nitrogens with one attached hydrogen (secondary N) is 1. The van der Waals surface area contributed by atoms with E-state index in [1.165, 1.54) is 19.2 Å². The van der Waals surface area contributed by atoms with Crippen LogP contribution in [0.25, 0.3) is 0 Å². The maximum atomic E-state index is 11.3. The lowest BCUT2D eigenvalue weighted by atomic mass is 10.1. The highest BCUT2D eigenvalue weighted by Crippen LogP contribution is 2.23. The standard InChI is InChI=1S/C12H16N2O5S/c1-19-12-5-9(4-11(6-12)14(15)16)7-13-10-2-3-20(17,18)8-10/h4-6,10,13H,2-3,7-8H2,1H3. The van der Waals surface area contributed by atoms with Crippen molar-refractivity contribution in [1.29, 1.82) is 0 Å². The van der Waals surface area contributed by atoms with Gasteiger partial charge >= 0.3 is 0 Å². The number of hydrogen-bond donors (Lipinski definition) is 1. The first-order valence-electron chi connectivity index (χ1n) is 6.16. The van der Waals surface area contributed by atoms with Crippen molar-refractivity contribution in [2.45, 2.75) is 19.0 Å². The van der Waals surface area contributed by atoms with Gasteiger partial charge in [0, 0.05) is 18.7 Å². The minimum absolute atomic E-state index is 0.0415. The van der Waals surface area contributed by atoms with Crippen molar-refractivity contribution in [3.63, 3.8) is 0 Å². The van der Waals surface area contributed by atoms with Gasteiger partial charge in [0.2, 0.25) is 0 Å². The van der Waals surface area contributed by atoms with Crippen molar-refractivity contribution in [3.05, 3.63) is 33.9 Å². The Bertz CT molecular complexity index is 614. The van der Waals surface area contributed by atoms with E-state index in [9.17, 15) is 18.5 Å². The zero-order chi connectivity index (χ0) is 14.8. The van der Waals surface area contributed by atoms with E-state index >= 15 is 0 Å². The quantitative estimate of drug-likeness (QED) is 0.640. The highest BCUT2D eigenvalue weighted by atomic mass is 32.2. The molecule has 0 aromatic heterocycles. The van der Waals surface area contributed by atoms with E-state index < -0.39 is 14.8 Å². The van der Waals surface area contributed by atoms with E-state index in [0.717, 1.165) is 0 Å². The molecule has 1 N–H and O–H groups in total. The van der Waals surface area contributed by atoms with Crippen molar-refractivity contribution in [2.75, 3.05) is 18.6 Å². The van der Waals surface area contributed by atoms with Crippen LogP contribution in [0.1, 0.15) is 12.0 Å². The van der Waals surface area contributed by atoms with Gasteiger partial charge in [-0.15, -0.1) is 0 Å². The molecule has 0 bridgehead atoms. The van der Waals surface area contributed by atoms with Gasteiger partial charge in [-0.05, 0) is 18.1 Å². The Hall–Kier alpha value is -1.67. The first-order valence-corrected chi connectivity index (χ1v) is 7.98. The number of sulfone groups is 1. The molecule has 0 aliphatic carbocycles. The van der Waals surface area contributed by atoms with Crippen LogP contribution >= 0.6 is 0 Å². The maximum absolute atomic E-state index is 11.3. The second-order valence-corrected chi connectivity index (χ2v) is 7.01. The second-order valence-electron chi connectivity index (χ2n) is 4.78. The van der Waals surface area contributed by atoms with Crippen LogP contribution in [0.4, 0.5) is 5.69 Å². The van der Waals surface area contributed by atoms with Crippen molar-refractivity contribution in [2.24, 2.45) is 0 Å². The van der Waals surface area contributed by atoms with Gasteiger partial charge < -0.3 is 10.1 Å². The van der Waals surface area contributed by atoms with Crippen LogP contribution in [0.5, 0.6) is 5.75 Å². The second kappa shape index (κ2) is 5.76. The van der Waals surface area contributed by atoms with Crippen LogP contribution in [0.2, 0.25) is 0 Å². The molecular formula is C12H16N2O5S. The van der Waals surface area contributed by atoms with Crippen LogP contribution in [0, 0.1) is 10.1 Å². The van der Waals surface area contributed by atoms with E-state index in [-0.39, 0.29) is 23.2 Å². The van der Waals surface area contributed by atoms with Crippen LogP contribution in [-0.2, 0) is 16.4 Å². The molecule has 0 saturated carbocycles. The number of nitrogens with zero attached hydrogens (tertiary/aromatic N) is 1. The summed E-state index contributed by atoms with van der Waals surface area (Å²) in [5.41, 5.74) is 0.653. The minimum Gasteiger partial charge on any atom is -0.496 e. The molecule has 0 radical (unpaired) electrons. The summed E-state index contributed by atoms with van der Waals surface area (Å²) in [5, 5.41) is 13.9. The highest BCUT2D eigenvalue weighted by molar-refractivity contribution is 7.91. The summed E-state index contributed by atoms with van der Waals surface area (Å²) in [7, 11) is -1.49. The molecule has 1 fully saturated rings. The summed E-state index contributed by atoms with van der Waals surface area (Å²) >= 11 is 0. The molecule has 1 heterocycles. The third-order valence-corrected chi connectivity index (χ3v) is 4.99. The average molecular weight is 300 g/mol. The van der Waals surface area contributed by atoms with Crippen molar-refractivity contribution >= 4 is 15.5 Å². The van der Waals surface area contributed by atoms with Crippen LogP contribution in [-0.4, -0.2) is 38.0 Å². The number of methoxy groups -OCH3 is 1. The molecule has 0 amide bonds. The van der Waals surface area contributed by atoms with Crippen molar-refractivity contribution in [1.82, 2.24) is 5.32 Å². The van der Waals surface area contributed by atoms with Crippen LogP contribution in [0.15, 0.2) is 18.2 Å². The minimum atomic E-state index is -2.93. The molecule has 1 aromatic rings. The molecule has 1 unspecified atom stereocenters. The molecule has 0 spiro atoms. The van der Waals surface area contributed by atoms with Crippen LogP contribution < -0.4 is 10.1 Å². The lowest BCUT2D eigenvalue weighted by molar-refractivity contribution is -0.385. The van der Waals surface area contributed by atoms with Gasteiger partial charge in [0.25, 0.3) is 5.69 Å². The van der Waals surface area contributed by atoms with Gasteiger partial charge in [-0.2, -0.15) is 0 Å². The lowest BCUT2D eigenvalue weighted by Crippen LogP contribution is -2.29. The number of rotatable bonds is 5. The number of nitro benzene ring substituents is 1. The van der Waals surface area contributed by atoms with E-state index in [1.54, 1.807) is 6.07 Å². The number of hydrogen-bond acceptors (Lipinski definition) is 6. The largest absolute Gasteiger partial charge is 0.496 e. The fraction of sp³-hybridized carbons (Fsp3) is 0.500. The first kappa shape index (κ1) is 14.7. The number of nitro groups is 1.